The summed E-state index contributed by atoms with van der Waals surface area (Å²) in [6.07, 6.45) is -2.57. The molecule has 0 N–H and O–H groups in total. The van der Waals surface area contributed by atoms with Crippen LogP contribution in [0.2, 0.25) is 0 Å². The van der Waals surface area contributed by atoms with Gasteiger partial charge in [-0.15, -0.1) is 0 Å². The van der Waals surface area contributed by atoms with E-state index in [1.165, 1.54) is 19.1 Å². The van der Waals surface area contributed by atoms with Crippen molar-refractivity contribution >= 4 is 66.4 Å². The third-order valence-electron chi connectivity index (χ3n) is 5.49. The van der Waals surface area contributed by atoms with Gasteiger partial charge in [0.05, 0.1) is 5.75 Å². The van der Waals surface area contributed by atoms with Gasteiger partial charge in [0.15, 0.2) is 9.84 Å². The molecule has 13 heteroatoms. The van der Waals surface area contributed by atoms with Crippen LogP contribution in [-0.2, 0) is 24.8 Å². The number of nitrogens with zero attached hydrogens (tertiary/aromatic N) is 2. The number of hydrogen-bond acceptors (Lipinski definition) is 7. The number of rotatable bonds is 4. The van der Waals surface area contributed by atoms with Gasteiger partial charge in [-0.05, 0) is 73.1 Å². The summed E-state index contributed by atoms with van der Waals surface area (Å²) in [6, 6.07) is 3.66. The van der Waals surface area contributed by atoms with E-state index in [9.17, 15) is 22.4 Å². The first kappa shape index (κ1) is 31.9. The average Bonchev–Trinajstić information content (AvgIpc) is 2.70. The molecule has 0 bridgehead atoms. The first-order valence-corrected chi connectivity index (χ1v) is 15.4. The van der Waals surface area contributed by atoms with Crippen molar-refractivity contribution < 1.29 is 36.3 Å². The monoisotopic (exact) mass is 720 g/mol. The largest absolute Gasteiger partial charge is 0.443 e. The number of carbonyl (C=O) groups excluding carboxylic acids is 2. The molecule has 1 aliphatic rings. The Kier molecular flexibility index (Phi) is 9.50. The van der Waals surface area contributed by atoms with Crippen LogP contribution < -0.4 is 0 Å². The second-order valence-electron chi connectivity index (χ2n) is 10.9. The highest BCUT2D eigenvalue weighted by Gasteiger charge is 2.58. The van der Waals surface area contributed by atoms with Crippen LogP contribution in [0.15, 0.2) is 27.7 Å². The molecule has 37 heavy (non-hydrogen) atoms. The molecule has 208 valence electrons. The minimum absolute atomic E-state index is 0.0693. The number of halogens is 4. The smallest absolute Gasteiger partial charge is 0.425 e. The van der Waals surface area contributed by atoms with Crippen LogP contribution in [0.4, 0.5) is 18.4 Å². The Balaban J connectivity index is 2.98. The molecule has 0 radical (unpaired) electrons. The van der Waals surface area contributed by atoms with Gasteiger partial charge in [0, 0.05) is 14.5 Å². The summed E-state index contributed by atoms with van der Waals surface area (Å²) in [6.45, 7) is 9.25. The Morgan fingerprint density at radius 3 is 2.08 bits per heavy atom. The Hall–Kier alpha value is -1.35. The van der Waals surface area contributed by atoms with E-state index in [0.717, 1.165) is 6.07 Å². The molecule has 0 saturated heterocycles. The summed E-state index contributed by atoms with van der Waals surface area (Å²) in [5, 5.41) is 0. The molecule has 0 spiro atoms. The quantitative estimate of drug-likeness (QED) is 0.266. The van der Waals surface area contributed by atoms with E-state index in [-0.39, 0.29) is 16.4 Å². The highest BCUT2D eigenvalue weighted by molar-refractivity contribution is 14.1. The third-order valence-corrected chi connectivity index (χ3v) is 9.14. The Morgan fingerprint density at radius 1 is 1.14 bits per heavy atom. The first-order chi connectivity index (χ1) is 16.7. The number of carbonyl (C=O) groups is 2. The molecule has 2 atom stereocenters. The number of amides is 2. The number of sulfone groups is 1. The Labute approximate surface area is 238 Å². The molecule has 1 aliphatic heterocycles. The number of amidine groups is 1. The van der Waals surface area contributed by atoms with E-state index in [1.54, 1.807) is 41.5 Å². The molecule has 1 aromatic rings. The first-order valence-electron chi connectivity index (χ1n) is 11.4. The van der Waals surface area contributed by atoms with Crippen molar-refractivity contribution in [2.24, 2.45) is 4.99 Å². The molecule has 1 aromatic carbocycles. The van der Waals surface area contributed by atoms with E-state index in [2.05, 4.69) is 20.9 Å². The van der Waals surface area contributed by atoms with Crippen LogP contribution in [0.25, 0.3) is 0 Å². The lowest BCUT2D eigenvalue weighted by atomic mass is 9.92. The van der Waals surface area contributed by atoms with Crippen molar-refractivity contribution in [3.05, 3.63) is 34.1 Å². The maximum Gasteiger partial charge on any atom is 0.425 e. The number of aliphatic imine (C=N–C) groups is 1. The van der Waals surface area contributed by atoms with Crippen molar-refractivity contribution in [2.45, 2.75) is 76.4 Å². The molecule has 0 saturated carbocycles. The molecule has 2 rings (SSSR count). The highest BCUT2D eigenvalue weighted by Crippen LogP contribution is 2.43. The minimum Gasteiger partial charge on any atom is -0.443 e. The predicted octanol–water partition coefficient (Wildman–Crippen LogP) is 6.34. The summed E-state index contributed by atoms with van der Waals surface area (Å²) in [5.41, 5.74) is -4.78. The van der Waals surface area contributed by atoms with Gasteiger partial charge in [-0.1, -0.05) is 38.5 Å². The van der Waals surface area contributed by atoms with Crippen molar-refractivity contribution in [2.75, 3.05) is 16.9 Å². The van der Waals surface area contributed by atoms with Crippen LogP contribution in [-0.4, -0.2) is 64.1 Å². The van der Waals surface area contributed by atoms with Crippen molar-refractivity contribution in [1.82, 2.24) is 4.90 Å². The lowest BCUT2D eigenvalue weighted by Gasteiger charge is -2.44. The Morgan fingerprint density at radius 2 is 1.65 bits per heavy atom. The van der Waals surface area contributed by atoms with Crippen LogP contribution >= 0.6 is 38.5 Å². The van der Waals surface area contributed by atoms with Gasteiger partial charge in [-0.25, -0.2) is 26.8 Å². The maximum absolute atomic E-state index is 15.0. The van der Waals surface area contributed by atoms with Gasteiger partial charge in [-0.3, -0.25) is 4.99 Å². The third kappa shape index (κ3) is 7.00. The van der Waals surface area contributed by atoms with Crippen LogP contribution in [0.1, 0.15) is 60.5 Å². The molecule has 2 amide bonds. The minimum atomic E-state index is -4.35. The summed E-state index contributed by atoms with van der Waals surface area (Å²) in [4.78, 5) is 31.6. The fourth-order valence-corrected chi connectivity index (χ4v) is 7.57. The second-order valence-corrected chi connectivity index (χ2v) is 15.4. The normalized spacial score (nSPS) is 23.7. The molecule has 1 heterocycles. The second kappa shape index (κ2) is 11.0. The standard InChI is InChI=1S/C24H32BrF2IN2O6S/c1-21(2,3)35-19(31)30(20(32)36-22(4,5)6)18-23(7,10-11-28)37(33,34)14-24(13-26,29-18)16-12-15(25)8-9-17(16)27/h8-9,12H,10-11,13-14H2,1-7H3/t23-,24+/m0/s1. The summed E-state index contributed by atoms with van der Waals surface area (Å²) in [7, 11) is -4.35. The number of alkyl halides is 2. The van der Waals surface area contributed by atoms with E-state index in [1.807, 2.05) is 22.6 Å². The summed E-state index contributed by atoms with van der Waals surface area (Å²) < 4.78 is 67.2. The lowest BCUT2D eigenvalue weighted by Crippen LogP contribution is -2.63. The number of ether oxygens (including phenoxy) is 2. The Bertz CT molecular complexity index is 1170. The number of hydrogen-bond donors (Lipinski definition) is 0. The van der Waals surface area contributed by atoms with Gasteiger partial charge < -0.3 is 9.47 Å². The highest BCUT2D eigenvalue weighted by atomic mass is 127. The lowest BCUT2D eigenvalue weighted by molar-refractivity contribution is 0.0138. The van der Waals surface area contributed by atoms with Gasteiger partial charge in [0.1, 0.15) is 39.8 Å². The summed E-state index contributed by atoms with van der Waals surface area (Å²) >= 11 is 5.16. The topological polar surface area (TPSA) is 102 Å². The van der Waals surface area contributed by atoms with Crippen LogP contribution in [0.3, 0.4) is 0 Å². The molecular formula is C24H32BrF2IN2O6S. The van der Waals surface area contributed by atoms with Crippen molar-refractivity contribution in [3.63, 3.8) is 0 Å². The fraction of sp³-hybridized carbons (Fsp3) is 0.625. The van der Waals surface area contributed by atoms with Crippen LogP contribution in [0.5, 0.6) is 0 Å². The van der Waals surface area contributed by atoms with E-state index in [0.29, 0.717) is 9.37 Å². The van der Waals surface area contributed by atoms with Gasteiger partial charge >= 0.3 is 12.2 Å². The maximum atomic E-state index is 15.0. The number of imide groups is 1. The zero-order valence-corrected chi connectivity index (χ0v) is 26.4. The van der Waals surface area contributed by atoms with Crippen molar-refractivity contribution in [1.29, 1.82) is 0 Å². The van der Waals surface area contributed by atoms with Gasteiger partial charge in [-0.2, -0.15) is 4.90 Å². The predicted molar refractivity (Wildman–Crippen MR) is 149 cm³/mol. The SMILES string of the molecule is CC(C)(C)OC(=O)N(C(=O)OC(C)(C)C)C1=N[C@@](CF)(c2cc(Br)ccc2F)CS(=O)(=O)[C@@]1(C)CCI. The van der Waals surface area contributed by atoms with Gasteiger partial charge in [0.2, 0.25) is 0 Å². The van der Waals surface area contributed by atoms with E-state index in [4.69, 9.17) is 9.47 Å². The van der Waals surface area contributed by atoms with E-state index < -0.39 is 67.6 Å². The van der Waals surface area contributed by atoms with Crippen LogP contribution in [0, 0.1) is 5.82 Å². The molecule has 0 aromatic heterocycles. The molecule has 0 fully saturated rings. The molecule has 0 aliphatic carbocycles. The van der Waals surface area contributed by atoms with E-state index >= 15 is 4.39 Å². The fourth-order valence-electron chi connectivity index (χ4n) is 3.70. The molecule has 8 nitrogen and oxygen atoms in total. The average molecular weight is 721 g/mol. The van der Waals surface area contributed by atoms with Crippen molar-refractivity contribution in [3.8, 4) is 0 Å². The number of benzene rings is 1. The molecular weight excluding hydrogens is 689 g/mol. The zero-order valence-electron chi connectivity index (χ0n) is 21.8. The summed E-state index contributed by atoms with van der Waals surface area (Å²) in [5.74, 6) is -2.36. The zero-order chi connectivity index (χ0) is 28.6. The molecule has 0 unspecified atom stereocenters. The van der Waals surface area contributed by atoms with Gasteiger partial charge in [0.25, 0.3) is 0 Å².